The van der Waals surface area contributed by atoms with E-state index in [0.29, 0.717) is 23.6 Å². The van der Waals surface area contributed by atoms with Crippen molar-refractivity contribution in [1.82, 2.24) is 4.90 Å². The van der Waals surface area contributed by atoms with Crippen LogP contribution in [0.2, 0.25) is 0 Å². The first-order valence-corrected chi connectivity index (χ1v) is 9.28. The summed E-state index contributed by atoms with van der Waals surface area (Å²) < 4.78 is 40.3. The highest BCUT2D eigenvalue weighted by atomic mass is 19.3. The number of para-hydroxylation sites is 1. The van der Waals surface area contributed by atoms with Gasteiger partial charge in [-0.15, -0.1) is 0 Å². The third-order valence-electron chi connectivity index (χ3n) is 4.87. The van der Waals surface area contributed by atoms with Crippen LogP contribution in [0.4, 0.5) is 8.78 Å². The Hall–Kier alpha value is -3.09. The van der Waals surface area contributed by atoms with Gasteiger partial charge in [0.25, 0.3) is 0 Å². The lowest BCUT2D eigenvalue weighted by atomic mass is 10.0. The van der Waals surface area contributed by atoms with Gasteiger partial charge in [-0.2, -0.15) is 8.78 Å². The highest BCUT2D eigenvalue weighted by Crippen LogP contribution is 2.37. The van der Waals surface area contributed by atoms with Crippen LogP contribution < -0.4 is 14.2 Å². The maximum absolute atomic E-state index is 12.8. The summed E-state index contributed by atoms with van der Waals surface area (Å²) in [6, 6.07) is 11.9. The largest absolute Gasteiger partial charge is 0.493 e. The minimum Gasteiger partial charge on any atom is -0.493 e. The van der Waals surface area contributed by atoms with Crippen LogP contribution in [-0.2, 0) is 4.79 Å². The summed E-state index contributed by atoms with van der Waals surface area (Å²) >= 11 is 0. The maximum atomic E-state index is 12.8. The predicted molar refractivity (Wildman–Crippen MR) is 105 cm³/mol. The molecule has 1 atom stereocenters. The molecule has 1 aliphatic rings. The van der Waals surface area contributed by atoms with Gasteiger partial charge in [-0.1, -0.05) is 24.3 Å². The van der Waals surface area contributed by atoms with Crippen molar-refractivity contribution >= 4 is 12.0 Å². The molecule has 1 heterocycles. The maximum Gasteiger partial charge on any atom is 0.387 e. The van der Waals surface area contributed by atoms with Crippen molar-refractivity contribution in [1.29, 1.82) is 0 Å². The van der Waals surface area contributed by atoms with Gasteiger partial charge in [0, 0.05) is 18.2 Å². The van der Waals surface area contributed by atoms with Gasteiger partial charge in [-0.3, -0.25) is 4.79 Å². The van der Waals surface area contributed by atoms with Crippen molar-refractivity contribution in [3.8, 4) is 17.2 Å². The average Bonchev–Trinajstić information content (AvgIpc) is 3.22. The first kappa shape index (κ1) is 20.6. The molecule has 1 amide bonds. The molecule has 3 rings (SSSR count). The fraction of sp³-hybridized carbons (Fsp3) is 0.318. The van der Waals surface area contributed by atoms with Gasteiger partial charge < -0.3 is 19.1 Å². The van der Waals surface area contributed by atoms with E-state index in [1.54, 1.807) is 37.3 Å². The second-order valence-corrected chi connectivity index (χ2v) is 6.55. The number of halogens is 2. The fourth-order valence-electron chi connectivity index (χ4n) is 3.52. The van der Waals surface area contributed by atoms with Crippen LogP contribution >= 0.6 is 0 Å². The number of alkyl halides is 2. The summed E-state index contributed by atoms with van der Waals surface area (Å²) in [7, 11) is 3.14. The molecule has 0 aliphatic carbocycles. The summed E-state index contributed by atoms with van der Waals surface area (Å²) in [5.74, 6) is 1.08. The molecule has 0 bridgehead atoms. The molecule has 29 heavy (non-hydrogen) atoms. The molecular weight excluding hydrogens is 380 g/mol. The lowest BCUT2D eigenvalue weighted by molar-refractivity contribution is -0.126. The number of hydrogen-bond acceptors (Lipinski definition) is 4. The second-order valence-electron chi connectivity index (χ2n) is 6.55. The Kier molecular flexibility index (Phi) is 6.69. The zero-order chi connectivity index (χ0) is 20.8. The number of carbonyl (C=O) groups excluding carboxylic acids is 1. The molecule has 1 saturated heterocycles. The van der Waals surface area contributed by atoms with E-state index >= 15 is 0 Å². The highest BCUT2D eigenvalue weighted by Gasteiger charge is 2.29. The summed E-state index contributed by atoms with van der Waals surface area (Å²) in [6.45, 7) is -2.30. The van der Waals surface area contributed by atoms with Crippen molar-refractivity contribution in [2.75, 3.05) is 20.8 Å². The normalized spacial score (nSPS) is 16.4. The van der Waals surface area contributed by atoms with E-state index in [1.807, 2.05) is 18.2 Å². The molecule has 7 heteroatoms. The highest BCUT2D eigenvalue weighted by molar-refractivity contribution is 5.92. The van der Waals surface area contributed by atoms with Gasteiger partial charge in [0.2, 0.25) is 5.91 Å². The number of likely N-dealkylation sites (tertiary alicyclic amines) is 1. The summed E-state index contributed by atoms with van der Waals surface area (Å²) in [4.78, 5) is 14.6. The zero-order valence-corrected chi connectivity index (χ0v) is 16.3. The first-order chi connectivity index (χ1) is 14.0. The van der Waals surface area contributed by atoms with Crippen molar-refractivity contribution in [3.63, 3.8) is 0 Å². The van der Waals surface area contributed by atoms with Crippen LogP contribution in [0.25, 0.3) is 6.08 Å². The van der Waals surface area contributed by atoms with Gasteiger partial charge >= 0.3 is 6.61 Å². The first-order valence-electron chi connectivity index (χ1n) is 9.28. The monoisotopic (exact) mass is 403 g/mol. The number of benzene rings is 2. The molecule has 0 aromatic heterocycles. The van der Waals surface area contributed by atoms with Crippen molar-refractivity contribution < 1.29 is 27.8 Å². The Bertz CT molecular complexity index is 885. The molecule has 2 aromatic rings. The predicted octanol–water partition coefficient (Wildman–Crippen LogP) is 4.68. The quantitative estimate of drug-likeness (QED) is 0.630. The third kappa shape index (κ3) is 4.85. The molecule has 1 aliphatic heterocycles. The number of hydrogen-bond donors (Lipinski definition) is 0. The lowest BCUT2D eigenvalue weighted by Gasteiger charge is -2.24. The summed E-state index contributed by atoms with van der Waals surface area (Å²) in [5.41, 5.74) is 1.38. The van der Waals surface area contributed by atoms with Gasteiger partial charge in [-0.05, 0) is 42.7 Å². The lowest BCUT2D eigenvalue weighted by Crippen LogP contribution is -2.28. The number of nitrogens with zero attached hydrogens (tertiary/aromatic N) is 1. The molecular formula is C22H23F2NO4. The molecule has 1 fully saturated rings. The topological polar surface area (TPSA) is 48.0 Å². The number of amides is 1. The van der Waals surface area contributed by atoms with Crippen LogP contribution in [0.3, 0.4) is 0 Å². The van der Waals surface area contributed by atoms with Crippen LogP contribution in [0.1, 0.15) is 30.0 Å². The minimum atomic E-state index is -2.92. The Balaban J connectivity index is 1.78. The molecule has 0 radical (unpaired) electrons. The third-order valence-corrected chi connectivity index (χ3v) is 4.87. The molecule has 2 aromatic carbocycles. The molecule has 1 unspecified atom stereocenters. The van der Waals surface area contributed by atoms with Gasteiger partial charge in [0.05, 0.1) is 20.3 Å². The molecule has 0 spiro atoms. The zero-order valence-electron chi connectivity index (χ0n) is 16.3. The molecule has 0 N–H and O–H groups in total. The van der Waals surface area contributed by atoms with Gasteiger partial charge in [0.15, 0.2) is 11.5 Å². The van der Waals surface area contributed by atoms with E-state index in [0.717, 1.165) is 18.4 Å². The Morgan fingerprint density at radius 2 is 1.86 bits per heavy atom. The number of rotatable bonds is 7. The number of methoxy groups -OCH3 is 2. The Morgan fingerprint density at radius 1 is 1.10 bits per heavy atom. The van der Waals surface area contributed by atoms with Crippen LogP contribution in [0, 0.1) is 0 Å². The number of carbonyl (C=O) groups is 1. The fourth-order valence-corrected chi connectivity index (χ4v) is 3.52. The minimum absolute atomic E-state index is 0.0319. The SMILES string of the molecule is COc1ccc(C2CCCN2C(=O)/C=C/c2ccccc2OC(F)F)cc1OC. The van der Waals surface area contributed by atoms with Gasteiger partial charge in [-0.25, -0.2) is 0 Å². The van der Waals surface area contributed by atoms with Crippen molar-refractivity contribution in [3.05, 3.63) is 59.7 Å². The van der Waals surface area contributed by atoms with E-state index < -0.39 is 6.61 Å². The molecule has 5 nitrogen and oxygen atoms in total. The van der Waals surface area contributed by atoms with Crippen LogP contribution in [-0.4, -0.2) is 38.2 Å². The van der Waals surface area contributed by atoms with Crippen molar-refractivity contribution in [2.45, 2.75) is 25.5 Å². The van der Waals surface area contributed by atoms with Crippen LogP contribution in [0.5, 0.6) is 17.2 Å². The van der Waals surface area contributed by atoms with Crippen LogP contribution in [0.15, 0.2) is 48.5 Å². The Labute approximate surface area is 168 Å². The summed E-state index contributed by atoms with van der Waals surface area (Å²) in [6.07, 6.45) is 4.61. The molecule has 0 saturated carbocycles. The van der Waals surface area contributed by atoms with E-state index in [4.69, 9.17) is 9.47 Å². The standard InChI is InChI=1S/C22H23F2NO4/c1-27-19-11-9-16(14-20(19)28-2)17-7-5-13-25(17)21(26)12-10-15-6-3-4-8-18(15)29-22(23)24/h3-4,6,8-12,14,17,22H,5,7,13H2,1-2H3/b12-10+. The average molecular weight is 403 g/mol. The van der Waals surface area contributed by atoms with E-state index in [1.165, 1.54) is 18.2 Å². The summed E-state index contributed by atoms with van der Waals surface area (Å²) in [5, 5.41) is 0. The molecule has 154 valence electrons. The van der Waals surface area contributed by atoms with E-state index in [-0.39, 0.29) is 17.7 Å². The van der Waals surface area contributed by atoms with Gasteiger partial charge in [0.1, 0.15) is 5.75 Å². The van der Waals surface area contributed by atoms with Crippen molar-refractivity contribution in [2.24, 2.45) is 0 Å². The Morgan fingerprint density at radius 3 is 2.59 bits per heavy atom. The second kappa shape index (κ2) is 9.41. The van der Waals surface area contributed by atoms with E-state index in [9.17, 15) is 13.6 Å². The van der Waals surface area contributed by atoms with E-state index in [2.05, 4.69) is 4.74 Å². The number of ether oxygens (including phenoxy) is 3. The smallest absolute Gasteiger partial charge is 0.387 e.